The van der Waals surface area contributed by atoms with Gasteiger partial charge in [0.1, 0.15) is 0 Å². The van der Waals surface area contributed by atoms with Crippen molar-refractivity contribution >= 4 is 27.6 Å². The number of hydrogen-bond donors (Lipinski definition) is 0. The van der Waals surface area contributed by atoms with Crippen molar-refractivity contribution in [3.05, 3.63) is 58.1 Å². The fraction of sp³-hybridized carbons (Fsp3) is 0.263. The van der Waals surface area contributed by atoms with E-state index in [1.54, 1.807) is 30.1 Å². The van der Waals surface area contributed by atoms with Crippen molar-refractivity contribution in [2.45, 2.75) is 13.5 Å². The summed E-state index contributed by atoms with van der Waals surface area (Å²) in [4.78, 5) is 25.3. The van der Waals surface area contributed by atoms with E-state index in [1.807, 2.05) is 24.3 Å². The molecule has 0 fully saturated rings. The predicted octanol–water partition coefficient (Wildman–Crippen LogP) is 3.70. The molecule has 0 saturated carbocycles. The van der Waals surface area contributed by atoms with Crippen molar-refractivity contribution in [1.29, 1.82) is 0 Å². The van der Waals surface area contributed by atoms with Gasteiger partial charge in [0.2, 0.25) is 0 Å². The second-order valence-electron chi connectivity index (χ2n) is 5.55. The zero-order valence-corrected chi connectivity index (χ0v) is 16.0. The molecule has 0 aromatic heterocycles. The van der Waals surface area contributed by atoms with Crippen molar-refractivity contribution < 1.29 is 19.1 Å². The Bertz CT molecular complexity index is 776. The number of carbonyl (C=O) groups excluding carboxylic acids is 2. The third-order valence-electron chi connectivity index (χ3n) is 3.71. The Labute approximate surface area is 155 Å². The molecule has 0 bridgehead atoms. The van der Waals surface area contributed by atoms with E-state index in [-0.39, 0.29) is 18.3 Å². The molecule has 0 unspecified atom stereocenters. The van der Waals surface area contributed by atoms with Crippen molar-refractivity contribution in [2.24, 2.45) is 0 Å². The molecule has 6 heteroatoms. The van der Waals surface area contributed by atoms with Gasteiger partial charge in [-0.1, -0.05) is 34.1 Å². The normalized spacial score (nSPS) is 10.2. The Morgan fingerprint density at radius 2 is 1.84 bits per heavy atom. The molecule has 0 aliphatic heterocycles. The van der Waals surface area contributed by atoms with Gasteiger partial charge >= 0.3 is 0 Å². The SMILES string of the molecule is COc1cc(C(C)=O)ccc1OCC(=O)N(C)Cc1ccccc1Br. The van der Waals surface area contributed by atoms with Crippen LogP contribution in [-0.2, 0) is 11.3 Å². The number of hydrogen-bond acceptors (Lipinski definition) is 4. The largest absolute Gasteiger partial charge is 0.493 e. The molecule has 2 aromatic rings. The molecule has 0 heterocycles. The summed E-state index contributed by atoms with van der Waals surface area (Å²) < 4.78 is 11.8. The fourth-order valence-corrected chi connectivity index (χ4v) is 2.64. The van der Waals surface area contributed by atoms with E-state index in [4.69, 9.17) is 9.47 Å². The number of amides is 1. The summed E-state index contributed by atoms with van der Waals surface area (Å²) in [6, 6.07) is 12.6. The lowest BCUT2D eigenvalue weighted by Gasteiger charge is -2.19. The molecule has 0 radical (unpaired) electrons. The summed E-state index contributed by atoms with van der Waals surface area (Å²) in [7, 11) is 3.22. The first kappa shape index (κ1) is 19.0. The van der Waals surface area contributed by atoms with Gasteiger partial charge < -0.3 is 14.4 Å². The fourth-order valence-electron chi connectivity index (χ4n) is 2.23. The van der Waals surface area contributed by atoms with Crippen LogP contribution < -0.4 is 9.47 Å². The second kappa shape index (κ2) is 8.67. The van der Waals surface area contributed by atoms with Crippen molar-refractivity contribution in [1.82, 2.24) is 4.90 Å². The van der Waals surface area contributed by atoms with Crippen LogP contribution in [-0.4, -0.2) is 37.4 Å². The number of nitrogens with zero attached hydrogens (tertiary/aromatic N) is 1. The summed E-state index contributed by atoms with van der Waals surface area (Å²) in [6.45, 7) is 1.84. The van der Waals surface area contributed by atoms with Gasteiger partial charge in [-0.05, 0) is 36.8 Å². The number of halogens is 1. The number of Topliss-reactive ketones (excluding diaryl/α,β-unsaturated/α-hetero) is 1. The molecule has 132 valence electrons. The average Bonchev–Trinajstić information content (AvgIpc) is 2.61. The monoisotopic (exact) mass is 405 g/mol. The average molecular weight is 406 g/mol. The minimum absolute atomic E-state index is 0.0610. The molecule has 2 rings (SSSR count). The van der Waals surface area contributed by atoms with E-state index in [9.17, 15) is 9.59 Å². The van der Waals surface area contributed by atoms with Gasteiger partial charge in [0, 0.05) is 23.6 Å². The van der Waals surface area contributed by atoms with Crippen molar-refractivity contribution in [2.75, 3.05) is 20.8 Å². The predicted molar refractivity (Wildman–Crippen MR) is 99.1 cm³/mol. The third-order valence-corrected chi connectivity index (χ3v) is 4.49. The molecule has 2 aromatic carbocycles. The van der Waals surface area contributed by atoms with E-state index in [1.165, 1.54) is 14.0 Å². The second-order valence-corrected chi connectivity index (χ2v) is 6.41. The van der Waals surface area contributed by atoms with E-state index in [0.29, 0.717) is 23.6 Å². The van der Waals surface area contributed by atoms with Gasteiger partial charge in [0.05, 0.1) is 7.11 Å². The Morgan fingerprint density at radius 1 is 1.12 bits per heavy atom. The van der Waals surface area contributed by atoms with Crippen molar-refractivity contribution in [3.63, 3.8) is 0 Å². The molecule has 0 spiro atoms. The van der Waals surface area contributed by atoms with E-state index in [2.05, 4.69) is 15.9 Å². The van der Waals surface area contributed by atoms with Crippen LogP contribution in [0.4, 0.5) is 0 Å². The topological polar surface area (TPSA) is 55.8 Å². The molecule has 25 heavy (non-hydrogen) atoms. The van der Waals surface area contributed by atoms with Gasteiger partial charge in [-0.25, -0.2) is 0 Å². The quantitative estimate of drug-likeness (QED) is 0.659. The van der Waals surface area contributed by atoms with Crippen LogP contribution in [0.3, 0.4) is 0 Å². The van der Waals surface area contributed by atoms with Crippen LogP contribution in [0.5, 0.6) is 11.5 Å². The molecular formula is C19H20BrNO4. The van der Waals surface area contributed by atoms with Crippen molar-refractivity contribution in [3.8, 4) is 11.5 Å². The molecular weight excluding hydrogens is 386 g/mol. The lowest BCUT2D eigenvalue weighted by Crippen LogP contribution is -2.31. The maximum absolute atomic E-state index is 12.3. The number of ketones is 1. The zero-order chi connectivity index (χ0) is 18.4. The summed E-state index contributed by atoms with van der Waals surface area (Å²) in [6.07, 6.45) is 0. The van der Waals surface area contributed by atoms with Crippen LogP contribution in [0.25, 0.3) is 0 Å². The number of likely N-dealkylation sites (N-methyl/N-ethyl adjacent to an activating group) is 1. The van der Waals surface area contributed by atoms with Gasteiger partial charge in [-0.15, -0.1) is 0 Å². The summed E-state index contributed by atoms with van der Waals surface area (Å²) in [5.74, 6) is 0.631. The Kier molecular flexibility index (Phi) is 6.58. The van der Waals surface area contributed by atoms with Crippen LogP contribution in [0.2, 0.25) is 0 Å². The summed E-state index contributed by atoms with van der Waals surface area (Å²) in [5.41, 5.74) is 1.54. The minimum atomic E-state index is -0.159. The van der Waals surface area contributed by atoms with Crippen LogP contribution in [0, 0.1) is 0 Å². The number of ether oxygens (including phenoxy) is 2. The highest BCUT2D eigenvalue weighted by molar-refractivity contribution is 9.10. The Balaban J connectivity index is 1.99. The van der Waals surface area contributed by atoms with Gasteiger partial charge in [-0.2, -0.15) is 0 Å². The highest BCUT2D eigenvalue weighted by Crippen LogP contribution is 2.28. The summed E-state index contributed by atoms with van der Waals surface area (Å²) in [5, 5.41) is 0. The molecule has 1 amide bonds. The van der Waals surface area contributed by atoms with E-state index < -0.39 is 0 Å². The smallest absolute Gasteiger partial charge is 0.260 e. The first-order valence-corrected chi connectivity index (χ1v) is 8.50. The van der Waals surface area contributed by atoms with Gasteiger partial charge in [0.25, 0.3) is 5.91 Å². The lowest BCUT2D eigenvalue weighted by atomic mass is 10.1. The van der Waals surface area contributed by atoms with Crippen LogP contribution in [0.1, 0.15) is 22.8 Å². The van der Waals surface area contributed by atoms with Crippen LogP contribution in [0.15, 0.2) is 46.9 Å². The highest BCUT2D eigenvalue weighted by atomic mass is 79.9. The highest BCUT2D eigenvalue weighted by Gasteiger charge is 2.14. The van der Waals surface area contributed by atoms with E-state index >= 15 is 0 Å². The third kappa shape index (κ3) is 5.06. The molecule has 0 aliphatic carbocycles. The lowest BCUT2D eigenvalue weighted by molar-refractivity contribution is -0.132. The Morgan fingerprint density at radius 3 is 2.48 bits per heavy atom. The maximum Gasteiger partial charge on any atom is 0.260 e. The summed E-state index contributed by atoms with van der Waals surface area (Å²) >= 11 is 3.47. The zero-order valence-electron chi connectivity index (χ0n) is 14.4. The van der Waals surface area contributed by atoms with Crippen LogP contribution >= 0.6 is 15.9 Å². The number of carbonyl (C=O) groups is 2. The molecule has 0 atom stereocenters. The maximum atomic E-state index is 12.3. The number of methoxy groups -OCH3 is 1. The minimum Gasteiger partial charge on any atom is -0.493 e. The standard InChI is InChI=1S/C19H20BrNO4/c1-13(22)14-8-9-17(18(10-14)24-3)25-12-19(23)21(2)11-15-6-4-5-7-16(15)20/h4-10H,11-12H2,1-3H3. The number of benzene rings is 2. The molecule has 0 aliphatic rings. The van der Waals surface area contributed by atoms with Gasteiger partial charge in [-0.3, -0.25) is 9.59 Å². The number of rotatable bonds is 7. The first-order chi connectivity index (χ1) is 11.9. The molecule has 5 nitrogen and oxygen atoms in total. The molecule has 0 saturated heterocycles. The Hall–Kier alpha value is -2.34. The first-order valence-electron chi connectivity index (χ1n) is 7.71. The van der Waals surface area contributed by atoms with Gasteiger partial charge in [0.15, 0.2) is 23.9 Å². The van der Waals surface area contributed by atoms with E-state index in [0.717, 1.165) is 10.0 Å². The molecule has 0 N–H and O–H groups in total.